The molecule has 0 aromatic rings. The van der Waals surface area contributed by atoms with Crippen molar-refractivity contribution in [3.8, 4) is 0 Å². The highest BCUT2D eigenvalue weighted by atomic mass is 32.1. The van der Waals surface area contributed by atoms with E-state index in [0.717, 1.165) is 19.6 Å². The molecule has 1 N–H and O–H groups in total. The fourth-order valence-corrected chi connectivity index (χ4v) is 0.860. The minimum absolute atomic E-state index is 0.544. The number of thiocarbonyl (C=S) groups is 1. The number of nitrogens with zero attached hydrogens (tertiary/aromatic N) is 2. The molecule has 0 fully saturated rings. The van der Waals surface area contributed by atoms with Gasteiger partial charge < -0.3 is 5.32 Å². The van der Waals surface area contributed by atoms with Crippen molar-refractivity contribution in [2.75, 3.05) is 26.7 Å². The second kappa shape index (κ2) is 7.18. The Bertz CT molecular complexity index is 152. The minimum Gasteiger partial charge on any atom is -0.364 e. The Morgan fingerprint density at radius 1 is 1.50 bits per heavy atom. The van der Waals surface area contributed by atoms with Crippen LogP contribution in [0.3, 0.4) is 0 Å². The fraction of sp³-hybridized carbons (Fsp3) is 0.750. The van der Waals surface area contributed by atoms with Gasteiger partial charge in [0.25, 0.3) is 0 Å². The van der Waals surface area contributed by atoms with Crippen LogP contribution in [0.1, 0.15) is 13.8 Å². The van der Waals surface area contributed by atoms with Gasteiger partial charge in [-0.3, -0.25) is 4.90 Å². The van der Waals surface area contributed by atoms with E-state index in [0.29, 0.717) is 5.11 Å². The highest BCUT2D eigenvalue weighted by Crippen LogP contribution is 1.83. The summed E-state index contributed by atoms with van der Waals surface area (Å²) in [6.45, 7) is 7.24. The van der Waals surface area contributed by atoms with Gasteiger partial charge >= 0.3 is 0 Å². The molecule has 0 aliphatic heterocycles. The molecular weight excluding hydrogens is 170 g/mol. The molecule has 3 nitrogen and oxygen atoms in total. The first kappa shape index (κ1) is 11.5. The summed E-state index contributed by atoms with van der Waals surface area (Å²) in [5, 5.41) is 3.33. The number of hydrogen-bond donors (Lipinski definition) is 1. The Balaban J connectivity index is 3.64. The molecule has 0 aromatic carbocycles. The molecule has 0 spiro atoms. The van der Waals surface area contributed by atoms with E-state index in [1.54, 1.807) is 7.05 Å². The van der Waals surface area contributed by atoms with Crippen molar-refractivity contribution in [3.63, 3.8) is 0 Å². The third kappa shape index (κ3) is 5.21. The van der Waals surface area contributed by atoms with Crippen LogP contribution >= 0.6 is 12.2 Å². The summed E-state index contributed by atoms with van der Waals surface area (Å²) < 4.78 is 0. The van der Waals surface area contributed by atoms with Crippen LogP contribution in [0.2, 0.25) is 0 Å². The van der Waals surface area contributed by atoms with Crippen LogP contribution in [-0.4, -0.2) is 42.9 Å². The van der Waals surface area contributed by atoms with Gasteiger partial charge in [0, 0.05) is 19.8 Å². The Hall–Kier alpha value is -0.480. The molecule has 0 aromatic heterocycles. The van der Waals surface area contributed by atoms with Crippen molar-refractivity contribution in [1.82, 2.24) is 10.2 Å². The van der Waals surface area contributed by atoms with Gasteiger partial charge in [-0.15, -0.1) is 0 Å². The van der Waals surface area contributed by atoms with E-state index in [4.69, 9.17) is 12.2 Å². The first-order valence-corrected chi connectivity index (χ1v) is 4.62. The van der Waals surface area contributed by atoms with Crippen LogP contribution in [-0.2, 0) is 0 Å². The lowest BCUT2D eigenvalue weighted by atomic mass is 10.5. The van der Waals surface area contributed by atoms with Crippen molar-refractivity contribution < 1.29 is 0 Å². The zero-order chi connectivity index (χ0) is 9.40. The zero-order valence-electron chi connectivity index (χ0n) is 8.00. The molecule has 0 aliphatic rings. The normalized spacial score (nSPS) is 11.0. The second-order valence-electron chi connectivity index (χ2n) is 2.35. The molecule has 0 saturated carbocycles. The lowest BCUT2D eigenvalue weighted by molar-refractivity contribution is 0.350. The largest absolute Gasteiger partial charge is 0.364 e. The Morgan fingerprint density at radius 2 is 2.08 bits per heavy atom. The predicted molar refractivity (Wildman–Crippen MR) is 57.9 cm³/mol. The monoisotopic (exact) mass is 187 g/mol. The molecule has 0 aliphatic carbocycles. The van der Waals surface area contributed by atoms with Crippen LogP contribution < -0.4 is 5.32 Å². The van der Waals surface area contributed by atoms with Gasteiger partial charge in [0.15, 0.2) is 5.11 Å². The summed E-state index contributed by atoms with van der Waals surface area (Å²) in [6.07, 6.45) is 1.84. The summed E-state index contributed by atoms with van der Waals surface area (Å²) in [6, 6.07) is 0. The SMILES string of the molecule is CCN(CC)C/C=N/C(=S)NC. The van der Waals surface area contributed by atoms with Crippen molar-refractivity contribution in [3.05, 3.63) is 0 Å². The van der Waals surface area contributed by atoms with Crippen LogP contribution in [0.25, 0.3) is 0 Å². The van der Waals surface area contributed by atoms with E-state index in [1.807, 2.05) is 6.21 Å². The molecule has 0 saturated heterocycles. The van der Waals surface area contributed by atoms with Crippen molar-refractivity contribution in [1.29, 1.82) is 0 Å². The minimum atomic E-state index is 0.544. The summed E-state index contributed by atoms with van der Waals surface area (Å²) in [7, 11) is 1.77. The molecule has 4 heteroatoms. The lowest BCUT2D eigenvalue weighted by Gasteiger charge is -2.14. The summed E-state index contributed by atoms with van der Waals surface area (Å²) in [5.74, 6) is 0. The zero-order valence-corrected chi connectivity index (χ0v) is 8.82. The highest BCUT2D eigenvalue weighted by Gasteiger charge is 1.94. The molecule has 0 heterocycles. The van der Waals surface area contributed by atoms with Crippen LogP contribution in [0.5, 0.6) is 0 Å². The van der Waals surface area contributed by atoms with E-state index >= 15 is 0 Å². The van der Waals surface area contributed by atoms with E-state index < -0.39 is 0 Å². The first-order valence-electron chi connectivity index (χ1n) is 4.21. The van der Waals surface area contributed by atoms with Gasteiger partial charge in [0.05, 0.1) is 0 Å². The van der Waals surface area contributed by atoms with Crippen LogP contribution in [0.4, 0.5) is 0 Å². The van der Waals surface area contributed by atoms with E-state index in [2.05, 4.69) is 29.1 Å². The first-order chi connectivity index (χ1) is 5.74. The topological polar surface area (TPSA) is 27.6 Å². The van der Waals surface area contributed by atoms with Crippen LogP contribution in [0, 0.1) is 0 Å². The Kier molecular flexibility index (Phi) is 6.90. The fourth-order valence-electron chi connectivity index (χ4n) is 0.786. The molecule has 0 amide bonds. The Morgan fingerprint density at radius 3 is 2.50 bits per heavy atom. The molecule has 0 rings (SSSR count). The van der Waals surface area contributed by atoms with E-state index in [1.165, 1.54) is 0 Å². The maximum absolute atomic E-state index is 4.85. The molecule has 12 heavy (non-hydrogen) atoms. The number of rotatable bonds is 4. The number of nitrogens with one attached hydrogen (secondary N) is 1. The van der Waals surface area contributed by atoms with Gasteiger partial charge in [0.1, 0.15) is 0 Å². The molecule has 70 valence electrons. The van der Waals surface area contributed by atoms with Crippen molar-refractivity contribution >= 4 is 23.5 Å². The molecule has 0 unspecified atom stereocenters. The molecular formula is C8H17N3S. The third-order valence-corrected chi connectivity index (χ3v) is 1.97. The second-order valence-corrected chi connectivity index (χ2v) is 2.74. The van der Waals surface area contributed by atoms with Crippen molar-refractivity contribution in [2.45, 2.75) is 13.8 Å². The highest BCUT2D eigenvalue weighted by molar-refractivity contribution is 7.80. The quantitative estimate of drug-likeness (QED) is 0.523. The van der Waals surface area contributed by atoms with Gasteiger partial charge in [0.2, 0.25) is 0 Å². The standard InChI is InChI=1S/C8H17N3S/c1-4-11(5-2)7-6-10-8(12)9-3/h6H,4-5,7H2,1-3H3,(H,9,12)/b10-6+. The molecule has 0 radical (unpaired) electrons. The van der Waals surface area contributed by atoms with Gasteiger partial charge in [-0.25, -0.2) is 4.99 Å². The third-order valence-electron chi connectivity index (χ3n) is 1.66. The number of aliphatic imine (C=N–C) groups is 1. The summed E-state index contributed by atoms with van der Waals surface area (Å²) in [4.78, 5) is 6.30. The van der Waals surface area contributed by atoms with Gasteiger partial charge in [-0.1, -0.05) is 13.8 Å². The Labute approximate surface area is 79.9 Å². The van der Waals surface area contributed by atoms with Crippen molar-refractivity contribution in [2.24, 2.45) is 4.99 Å². The van der Waals surface area contributed by atoms with E-state index in [9.17, 15) is 0 Å². The summed E-state index contributed by atoms with van der Waals surface area (Å²) in [5.41, 5.74) is 0. The molecule has 0 atom stereocenters. The maximum atomic E-state index is 4.85. The van der Waals surface area contributed by atoms with Crippen LogP contribution in [0.15, 0.2) is 4.99 Å². The average Bonchev–Trinajstić information content (AvgIpc) is 2.12. The average molecular weight is 187 g/mol. The van der Waals surface area contributed by atoms with Gasteiger partial charge in [-0.2, -0.15) is 0 Å². The predicted octanol–water partition coefficient (Wildman–Crippen LogP) is 0.903. The van der Waals surface area contributed by atoms with Gasteiger partial charge in [-0.05, 0) is 25.3 Å². The number of hydrogen-bond acceptors (Lipinski definition) is 2. The summed E-state index contributed by atoms with van der Waals surface area (Å²) >= 11 is 4.85. The lowest BCUT2D eigenvalue weighted by Crippen LogP contribution is -2.25. The van der Waals surface area contributed by atoms with E-state index in [-0.39, 0.29) is 0 Å². The molecule has 0 bridgehead atoms. The smallest absolute Gasteiger partial charge is 0.192 e. The maximum Gasteiger partial charge on any atom is 0.192 e.